The van der Waals surface area contributed by atoms with Crippen LogP contribution in [0.5, 0.6) is 0 Å². The van der Waals surface area contributed by atoms with Crippen molar-refractivity contribution in [2.45, 2.75) is 38.3 Å². The highest BCUT2D eigenvalue weighted by Crippen LogP contribution is 2.13. The summed E-state index contributed by atoms with van der Waals surface area (Å²) in [6.07, 6.45) is 3.91. The molecule has 0 atom stereocenters. The van der Waals surface area contributed by atoms with Crippen molar-refractivity contribution in [1.29, 1.82) is 0 Å². The molecular weight excluding hydrogens is 550 g/mol. The Bertz CT molecular complexity index is 1080. The standard InChI is InChI=1S/C28H47N13O2/c1-27-15-29-7-10-32-18-28(19-33-11-8-30-16-27,20-34-12-9-31-17-27)39-25(43)4-2-3-24(42)36-14-22-5-6-23(35-13-22)26-40-37-21-38-41-26/h5-6,13,21,29-34H,2-4,7-12,14-20H2,1H3,(H,36,42)(H,39,43). The summed E-state index contributed by atoms with van der Waals surface area (Å²) in [7, 11) is 0. The monoisotopic (exact) mass is 597 g/mol. The van der Waals surface area contributed by atoms with Crippen LogP contribution >= 0.6 is 0 Å². The van der Waals surface area contributed by atoms with E-state index in [9.17, 15) is 9.59 Å². The summed E-state index contributed by atoms with van der Waals surface area (Å²) in [6, 6.07) is 3.61. The van der Waals surface area contributed by atoms with E-state index in [1.54, 1.807) is 12.3 Å². The molecule has 0 spiro atoms. The zero-order valence-electron chi connectivity index (χ0n) is 25.2. The summed E-state index contributed by atoms with van der Waals surface area (Å²) in [5.41, 5.74) is 1.02. The van der Waals surface area contributed by atoms with Gasteiger partial charge in [0, 0.05) is 110 Å². The third-order valence-corrected chi connectivity index (χ3v) is 7.65. The summed E-state index contributed by atoms with van der Waals surface area (Å²) in [4.78, 5) is 29.9. The molecule has 0 unspecified atom stereocenters. The van der Waals surface area contributed by atoms with E-state index >= 15 is 0 Å². The molecule has 2 aromatic heterocycles. The van der Waals surface area contributed by atoms with Crippen LogP contribution in [-0.4, -0.2) is 121 Å². The number of pyridine rings is 1. The summed E-state index contributed by atoms with van der Waals surface area (Å²) in [5.74, 6) is 0.169. The van der Waals surface area contributed by atoms with Gasteiger partial charge >= 0.3 is 0 Å². The van der Waals surface area contributed by atoms with Crippen molar-refractivity contribution < 1.29 is 9.59 Å². The first-order chi connectivity index (χ1) is 21.0. The predicted octanol–water partition coefficient (Wildman–Crippen LogP) is -2.46. The van der Waals surface area contributed by atoms with Crippen LogP contribution in [0.3, 0.4) is 0 Å². The van der Waals surface area contributed by atoms with E-state index in [2.05, 4.69) is 74.8 Å². The van der Waals surface area contributed by atoms with Crippen molar-refractivity contribution >= 4 is 11.8 Å². The van der Waals surface area contributed by atoms with Crippen LogP contribution < -0.4 is 42.5 Å². The summed E-state index contributed by atoms with van der Waals surface area (Å²) in [6.45, 7) is 12.3. The van der Waals surface area contributed by atoms with Crippen LogP contribution in [-0.2, 0) is 16.1 Å². The summed E-state index contributed by atoms with van der Waals surface area (Å²) < 4.78 is 0. The second-order valence-corrected chi connectivity index (χ2v) is 11.8. The second-order valence-electron chi connectivity index (χ2n) is 11.8. The van der Waals surface area contributed by atoms with Gasteiger partial charge in [-0.25, -0.2) is 0 Å². The van der Waals surface area contributed by atoms with Gasteiger partial charge in [-0.15, -0.1) is 20.4 Å². The smallest absolute Gasteiger partial charge is 0.221 e. The quantitative estimate of drug-likeness (QED) is 0.160. The Morgan fingerprint density at radius 2 is 1.30 bits per heavy atom. The van der Waals surface area contributed by atoms with Crippen molar-refractivity contribution in [2.75, 3.05) is 78.5 Å². The maximum absolute atomic E-state index is 13.1. The van der Waals surface area contributed by atoms with E-state index in [4.69, 9.17) is 0 Å². The number of carbonyl (C=O) groups is 2. The van der Waals surface area contributed by atoms with E-state index in [-0.39, 0.29) is 30.1 Å². The van der Waals surface area contributed by atoms with E-state index in [1.807, 2.05) is 6.07 Å². The van der Waals surface area contributed by atoms with Gasteiger partial charge in [-0.2, -0.15) is 0 Å². The lowest BCUT2D eigenvalue weighted by atomic mass is 9.90. The first kappa shape index (κ1) is 32.7. The first-order valence-electron chi connectivity index (χ1n) is 15.2. The third-order valence-electron chi connectivity index (χ3n) is 7.65. The van der Waals surface area contributed by atoms with Gasteiger partial charge in [-0.3, -0.25) is 14.6 Å². The third kappa shape index (κ3) is 11.4. The van der Waals surface area contributed by atoms with Gasteiger partial charge in [-0.05, 0) is 18.1 Å². The summed E-state index contributed by atoms with van der Waals surface area (Å²) in [5, 5.41) is 42.9. The average molecular weight is 598 g/mol. The zero-order chi connectivity index (χ0) is 30.2. The van der Waals surface area contributed by atoms with Crippen molar-refractivity contribution in [3.63, 3.8) is 0 Å². The minimum absolute atomic E-state index is 0.0579. The molecule has 5 heterocycles. The van der Waals surface area contributed by atoms with Gasteiger partial charge in [0.05, 0.1) is 5.54 Å². The Morgan fingerprint density at radius 3 is 1.84 bits per heavy atom. The molecule has 15 nitrogen and oxygen atoms in total. The fourth-order valence-corrected chi connectivity index (χ4v) is 5.22. The van der Waals surface area contributed by atoms with Gasteiger partial charge in [-0.1, -0.05) is 13.0 Å². The lowest BCUT2D eigenvalue weighted by Crippen LogP contribution is -2.66. The maximum Gasteiger partial charge on any atom is 0.221 e. The topological polar surface area (TPSA) is 195 Å². The molecule has 8 N–H and O–H groups in total. The molecule has 5 rings (SSSR count). The number of nitrogens with one attached hydrogen (secondary N) is 8. The molecule has 0 aromatic carbocycles. The van der Waals surface area contributed by atoms with Crippen molar-refractivity contribution in [3.8, 4) is 11.5 Å². The lowest BCUT2D eigenvalue weighted by Gasteiger charge is -2.37. The number of rotatable bonds is 8. The molecule has 3 aliphatic rings. The first-order valence-corrected chi connectivity index (χ1v) is 15.2. The van der Waals surface area contributed by atoms with Crippen LogP contribution in [0.2, 0.25) is 0 Å². The minimum Gasteiger partial charge on any atom is -0.352 e. The largest absolute Gasteiger partial charge is 0.352 e. The van der Waals surface area contributed by atoms with Crippen molar-refractivity contribution in [3.05, 3.63) is 30.2 Å². The highest BCUT2D eigenvalue weighted by Gasteiger charge is 2.32. The molecule has 0 saturated carbocycles. The molecule has 236 valence electrons. The normalized spacial score (nSPS) is 24.4. The zero-order valence-corrected chi connectivity index (χ0v) is 25.2. The number of amides is 2. The molecule has 2 aromatic rings. The molecule has 2 bridgehead atoms. The Balaban J connectivity index is 1.24. The number of carbonyl (C=O) groups excluding carboxylic acids is 2. The van der Waals surface area contributed by atoms with Crippen LogP contribution in [0.15, 0.2) is 24.7 Å². The number of fused-ring (bicyclic) bond motifs is 15. The Labute approximate surface area is 253 Å². The maximum atomic E-state index is 13.1. The molecule has 0 radical (unpaired) electrons. The van der Waals surface area contributed by atoms with Crippen LogP contribution in [0.25, 0.3) is 11.5 Å². The average Bonchev–Trinajstić information content (AvgIpc) is 3.01. The summed E-state index contributed by atoms with van der Waals surface area (Å²) >= 11 is 0. The number of nitrogens with zero attached hydrogens (tertiary/aromatic N) is 5. The van der Waals surface area contributed by atoms with Crippen molar-refractivity contribution in [2.24, 2.45) is 5.41 Å². The van der Waals surface area contributed by atoms with E-state index in [1.165, 1.54) is 6.33 Å². The molecule has 15 heteroatoms. The number of hydrogen-bond donors (Lipinski definition) is 8. The van der Waals surface area contributed by atoms with Gasteiger partial charge in [0.2, 0.25) is 17.6 Å². The minimum atomic E-state index is -0.502. The lowest BCUT2D eigenvalue weighted by molar-refractivity contribution is -0.123. The molecule has 2 amide bonds. The fourth-order valence-electron chi connectivity index (χ4n) is 5.22. The molecule has 3 fully saturated rings. The predicted molar refractivity (Wildman–Crippen MR) is 163 cm³/mol. The molecule has 3 saturated heterocycles. The highest BCUT2D eigenvalue weighted by atomic mass is 16.2. The Kier molecular flexibility index (Phi) is 13.1. The molecule has 0 aliphatic carbocycles. The van der Waals surface area contributed by atoms with Gasteiger partial charge in [0.15, 0.2) is 6.33 Å². The Hall–Kier alpha value is -3.21. The van der Waals surface area contributed by atoms with Crippen molar-refractivity contribution in [1.82, 2.24) is 67.9 Å². The second kappa shape index (κ2) is 17.2. The highest BCUT2D eigenvalue weighted by molar-refractivity contribution is 5.79. The number of hydrogen-bond acceptors (Lipinski definition) is 13. The van der Waals surface area contributed by atoms with E-state index in [0.29, 0.717) is 44.1 Å². The van der Waals surface area contributed by atoms with Crippen LogP contribution in [0.1, 0.15) is 31.7 Å². The SMILES string of the molecule is CC12CNCCNCC(NC(=O)CCCC(=O)NCc3ccc(-c4nncnn4)nc3)(CNCCNC1)CNCCNC2. The van der Waals surface area contributed by atoms with Crippen LogP contribution in [0.4, 0.5) is 0 Å². The molecule has 43 heavy (non-hydrogen) atoms. The fraction of sp³-hybridized carbons (Fsp3) is 0.679. The molecular formula is C28H47N13O2. The Morgan fingerprint density at radius 1 is 0.767 bits per heavy atom. The number of aromatic nitrogens is 5. The van der Waals surface area contributed by atoms with Gasteiger partial charge in [0.25, 0.3) is 0 Å². The van der Waals surface area contributed by atoms with E-state index in [0.717, 1.165) is 64.5 Å². The van der Waals surface area contributed by atoms with Gasteiger partial charge < -0.3 is 42.5 Å². The van der Waals surface area contributed by atoms with Crippen LogP contribution in [0, 0.1) is 5.41 Å². The molecule has 3 aliphatic heterocycles. The van der Waals surface area contributed by atoms with Gasteiger partial charge in [0.1, 0.15) is 5.69 Å². The van der Waals surface area contributed by atoms with E-state index < -0.39 is 5.54 Å².